The average molecular weight is 398 g/mol. The van der Waals surface area contributed by atoms with Gasteiger partial charge in [0.2, 0.25) is 0 Å². The van der Waals surface area contributed by atoms with Crippen LogP contribution in [-0.2, 0) is 16.2 Å². The van der Waals surface area contributed by atoms with Crippen LogP contribution >= 0.6 is 0 Å². The lowest BCUT2D eigenvalue weighted by Crippen LogP contribution is -2.30. The molecule has 0 saturated carbocycles. The second-order valence-electron chi connectivity index (χ2n) is 6.67. The molecule has 1 unspecified atom stereocenters. The molecule has 1 heterocycles. The van der Waals surface area contributed by atoms with Gasteiger partial charge < -0.3 is 14.2 Å². The van der Waals surface area contributed by atoms with Gasteiger partial charge in [-0.2, -0.15) is 0 Å². The summed E-state index contributed by atoms with van der Waals surface area (Å²) in [6, 6.07) is 14.2. The number of aliphatic carboxylic acids is 1. The summed E-state index contributed by atoms with van der Waals surface area (Å²) >= 11 is -1.53. The van der Waals surface area contributed by atoms with E-state index >= 15 is 0 Å². The SMILES string of the molecule is Cc1ccc([S@@+]([O-])NC(CC(=O)O)c2cccc(-c3c(C)noc3C)c2)cc1. The topological polar surface area (TPSA) is 98.4 Å². The highest BCUT2D eigenvalue weighted by Gasteiger charge is 2.24. The van der Waals surface area contributed by atoms with Crippen LogP contribution in [0.15, 0.2) is 57.9 Å². The van der Waals surface area contributed by atoms with Crippen LogP contribution in [-0.4, -0.2) is 20.8 Å². The normalized spacial score (nSPS) is 13.3. The molecule has 3 aromatic rings. The fraction of sp³-hybridized carbons (Fsp3) is 0.238. The maximum absolute atomic E-state index is 12.7. The second kappa shape index (κ2) is 8.60. The number of carboxylic acid groups (broad SMARTS) is 1. The first-order valence-corrected chi connectivity index (χ1v) is 9.99. The fourth-order valence-electron chi connectivity index (χ4n) is 3.07. The van der Waals surface area contributed by atoms with Crippen molar-refractivity contribution in [1.82, 2.24) is 9.88 Å². The fourth-order valence-corrected chi connectivity index (χ4v) is 4.06. The number of carboxylic acids is 1. The van der Waals surface area contributed by atoms with Gasteiger partial charge in [0, 0.05) is 5.56 Å². The zero-order valence-corrected chi connectivity index (χ0v) is 16.7. The Labute approximate surface area is 166 Å². The Morgan fingerprint density at radius 3 is 2.54 bits per heavy atom. The first-order chi connectivity index (χ1) is 13.3. The van der Waals surface area contributed by atoms with E-state index in [2.05, 4.69) is 9.88 Å². The van der Waals surface area contributed by atoms with E-state index in [0.29, 0.717) is 10.7 Å². The van der Waals surface area contributed by atoms with Crippen LogP contribution < -0.4 is 4.72 Å². The van der Waals surface area contributed by atoms with Gasteiger partial charge in [-0.3, -0.25) is 4.79 Å². The van der Waals surface area contributed by atoms with Gasteiger partial charge in [-0.15, -0.1) is 4.72 Å². The Bertz CT molecular complexity index is 949. The molecule has 7 heteroatoms. The van der Waals surface area contributed by atoms with E-state index < -0.39 is 23.4 Å². The first kappa shape index (κ1) is 20.1. The minimum atomic E-state index is -1.53. The summed E-state index contributed by atoms with van der Waals surface area (Å²) in [5.41, 5.74) is 4.33. The summed E-state index contributed by atoms with van der Waals surface area (Å²) < 4.78 is 20.9. The van der Waals surface area contributed by atoms with Gasteiger partial charge in [-0.1, -0.05) is 41.1 Å². The zero-order valence-electron chi connectivity index (χ0n) is 15.9. The quantitative estimate of drug-likeness (QED) is 0.582. The number of hydrogen-bond acceptors (Lipinski definition) is 5. The highest BCUT2D eigenvalue weighted by atomic mass is 32.2. The Morgan fingerprint density at radius 2 is 1.93 bits per heavy atom. The monoisotopic (exact) mass is 398 g/mol. The number of nitrogens with zero attached hydrogens (tertiary/aromatic N) is 1. The van der Waals surface area contributed by atoms with Crippen molar-refractivity contribution in [1.29, 1.82) is 0 Å². The molecule has 0 spiro atoms. The van der Waals surface area contributed by atoms with Crippen molar-refractivity contribution in [2.75, 3.05) is 0 Å². The number of hydrogen-bond donors (Lipinski definition) is 2. The minimum absolute atomic E-state index is 0.192. The highest BCUT2D eigenvalue weighted by Crippen LogP contribution is 2.30. The number of rotatable bonds is 7. The number of nitrogens with one attached hydrogen (secondary N) is 1. The number of aryl methyl sites for hydroxylation is 3. The lowest BCUT2D eigenvalue weighted by atomic mass is 9.97. The van der Waals surface area contributed by atoms with Crippen LogP contribution in [0.5, 0.6) is 0 Å². The molecule has 0 fully saturated rings. The van der Waals surface area contributed by atoms with Gasteiger partial charge in [0.1, 0.15) is 5.76 Å². The highest BCUT2D eigenvalue weighted by molar-refractivity contribution is 7.89. The zero-order chi connectivity index (χ0) is 20.3. The molecule has 2 N–H and O–H groups in total. The van der Waals surface area contributed by atoms with E-state index in [0.717, 1.165) is 27.9 Å². The molecule has 2 aromatic carbocycles. The molecule has 0 aliphatic heterocycles. The maximum atomic E-state index is 12.7. The van der Waals surface area contributed by atoms with E-state index in [1.165, 1.54) is 0 Å². The van der Waals surface area contributed by atoms with E-state index in [9.17, 15) is 14.5 Å². The molecule has 0 amide bonds. The van der Waals surface area contributed by atoms with Crippen LogP contribution in [0.4, 0.5) is 0 Å². The van der Waals surface area contributed by atoms with Crippen LogP contribution in [0.2, 0.25) is 0 Å². The molecule has 0 saturated heterocycles. The number of benzene rings is 2. The lowest BCUT2D eigenvalue weighted by molar-refractivity contribution is -0.137. The third-order valence-corrected chi connectivity index (χ3v) is 5.67. The van der Waals surface area contributed by atoms with E-state index in [-0.39, 0.29) is 6.42 Å². The van der Waals surface area contributed by atoms with Crippen molar-refractivity contribution < 1.29 is 19.0 Å². The third kappa shape index (κ3) is 4.62. The average Bonchev–Trinajstić information content (AvgIpc) is 3.00. The van der Waals surface area contributed by atoms with Gasteiger partial charge in [-0.05, 0) is 50.1 Å². The van der Waals surface area contributed by atoms with E-state index in [1.807, 2.05) is 57.2 Å². The molecule has 3 rings (SSSR count). The Hall–Kier alpha value is -2.61. The smallest absolute Gasteiger partial charge is 0.305 e. The van der Waals surface area contributed by atoms with Crippen LogP contribution in [0.1, 0.15) is 35.0 Å². The molecule has 28 heavy (non-hydrogen) atoms. The molecule has 146 valence electrons. The molecule has 1 aromatic heterocycles. The summed E-state index contributed by atoms with van der Waals surface area (Å²) in [5.74, 6) is -0.276. The van der Waals surface area contributed by atoms with E-state index in [4.69, 9.17) is 4.52 Å². The molecule has 0 bridgehead atoms. The Kier molecular flexibility index (Phi) is 6.18. The Morgan fingerprint density at radius 1 is 1.21 bits per heavy atom. The number of carbonyl (C=O) groups is 1. The number of aromatic nitrogens is 1. The van der Waals surface area contributed by atoms with Gasteiger partial charge in [0.05, 0.1) is 29.5 Å². The third-order valence-electron chi connectivity index (χ3n) is 4.47. The largest absolute Gasteiger partial charge is 0.593 e. The van der Waals surface area contributed by atoms with Crippen molar-refractivity contribution in [3.05, 3.63) is 71.1 Å². The van der Waals surface area contributed by atoms with Crippen molar-refractivity contribution in [2.45, 2.75) is 38.1 Å². The Balaban J connectivity index is 1.90. The van der Waals surface area contributed by atoms with Crippen molar-refractivity contribution in [3.63, 3.8) is 0 Å². The van der Waals surface area contributed by atoms with Gasteiger partial charge >= 0.3 is 5.97 Å². The molecular formula is C21H22N2O4S. The van der Waals surface area contributed by atoms with Crippen LogP contribution in [0, 0.1) is 20.8 Å². The van der Waals surface area contributed by atoms with Crippen molar-refractivity contribution in [3.8, 4) is 11.1 Å². The van der Waals surface area contributed by atoms with Crippen molar-refractivity contribution in [2.24, 2.45) is 0 Å². The molecule has 0 radical (unpaired) electrons. The molecular weight excluding hydrogens is 376 g/mol. The van der Waals surface area contributed by atoms with Gasteiger partial charge in [-0.25, -0.2) is 0 Å². The molecule has 0 aliphatic carbocycles. The summed E-state index contributed by atoms with van der Waals surface area (Å²) in [5, 5.41) is 13.3. The maximum Gasteiger partial charge on any atom is 0.305 e. The van der Waals surface area contributed by atoms with E-state index in [1.54, 1.807) is 12.1 Å². The predicted molar refractivity (Wildman–Crippen MR) is 107 cm³/mol. The summed E-state index contributed by atoms with van der Waals surface area (Å²) in [6.45, 7) is 5.65. The second-order valence-corrected chi connectivity index (χ2v) is 7.92. The van der Waals surface area contributed by atoms with Gasteiger partial charge in [0.25, 0.3) is 0 Å². The molecule has 6 nitrogen and oxygen atoms in total. The van der Waals surface area contributed by atoms with Crippen LogP contribution in [0.25, 0.3) is 11.1 Å². The molecule has 2 atom stereocenters. The standard InChI is InChI=1S/C21H22N2O4S/c1-13-7-9-18(10-8-13)28(26)23-19(12-20(24)25)16-5-4-6-17(11-16)21-14(2)22-27-15(21)3/h4-11,19,23H,12H2,1-3H3,(H,24,25)/t19?,28-/m1/s1. The van der Waals surface area contributed by atoms with Crippen LogP contribution in [0.3, 0.4) is 0 Å². The van der Waals surface area contributed by atoms with Crippen molar-refractivity contribution >= 4 is 17.3 Å². The predicted octanol–water partition coefficient (Wildman–Crippen LogP) is 4.10. The minimum Gasteiger partial charge on any atom is -0.593 e. The summed E-state index contributed by atoms with van der Waals surface area (Å²) in [7, 11) is 0. The summed E-state index contributed by atoms with van der Waals surface area (Å²) in [6.07, 6.45) is -0.192. The lowest BCUT2D eigenvalue weighted by Gasteiger charge is -2.19. The molecule has 0 aliphatic rings. The summed E-state index contributed by atoms with van der Waals surface area (Å²) in [4.78, 5) is 12.0. The first-order valence-electron chi connectivity index (χ1n) is 8.84. The van der Waals surface area contributed by atoms with Gasteiger partial charge in [0.15, 0.2) is 4.90 Å².